The van der Waals surface area contributed by atoms with E-state index in [4.69, 9.17) is 14.3 Å². The summed E-state index contributed by atoms with van der Waals surface area (Å²) in [4.78, 5) is 39.8. The summed E-state index contributed by atoms with van der Waals surface area (Å²) in [5.74, 6) is -2.24. The number of esters is 1. The van der Waals surface area contributed by atoms with E-state index in [0.29, 0.717) is 16.8 Å². The summed E-state index contributed by atoms with van der Waals surface area (Å²) in [6.45, 7) is 5.50. The van der Waals surface area contributed by atoms with Crippen LogP contribution in [-0.2, 0) is 9.53 Å². The van der Waals surface area contributed by atoms with Crippen LogP contribution < -0.4 is 5.32 Å². The van der Waals surface area contributed by atoms with Crippen molar-refractivity contribution in [3.8, 4) is 22.7 Å². The van der Waals surface area contributed by atoms with Gasteiger partial charge in [0.2, 0.25) is 11.7 Å². The van der Waals surface area contributed by atoms with Gasteiger partial charge in [-0.3, -0.25) is 9.89 Å². The lowest BCUT2D eigenvalue weighted by atomic mass is 10.0. The summed E-state index contributed by atoms with van der Waals surface area (Å²) in [5.41, 5.74) is 1.63. The maximum absolute atomic E-state index is 12.5. The van der Waals surface area contributed by atoms with Crippen molar-refractivity contribution in [3.63, 3.8) is 0 Å². The Hall–Kier alpha value is -3.95. The van der Waals surface area contributed by atoms with Gasteiger partial charge in [-0.15, -0.1) is 0 Å². The number of aromatic carboxylic acids is 1. The molecule has 2 aromatic heterocycles. The summed E-state index contributed by atoms with van der Waals surface area (Å²) in [6, 6.07) is 7.54. The minimum absolute atomic E-state index is 0.0307. The van der Waals surface area contributed by atoms with Crippen LogP contribution in [0.1, 0.15) is 41.8 Å². The highest BCUT2D eigenvalue weighted by Gasteiger charge is 2.27. The topological polar surface area (TPSA) is 147 Å². The Morgan fingerprint density at radius 3 is 2.61 bits per heavy atom. The number of carbonyl (C=O) groups excluding carboxylic acids is 2. The highest BCUT2D eigenvalue weighted by molar-refractivity contribution is 5.94. The molecule has 3 aromatic rings. The number of nitrogens with one attached hydrogen (secondary N) is 2. The number of carbonyl (C=O) groups is 3. The van der Waals surface area contributed by atoms with Crippen LogP contribution in [0.5, 0.6) is 0 Å². The van der Waals surface area contributed by atoms with E-state index in [1.807, 2.05) is 0 Å². The number of carboxylic acid groups (broad SMARTS) is 1. The first-order chi connectivity index (χ1) is 14.8. The molecule has 31 heavy (non-hydrogen) atoms. The Morgan fingerprint density at radius 1 is 1.23 bits per heavy atom. The quantitative estimate of drug-likeness (QED) is 0.466. The fourth-order valence-corrected chi connectivity index (χ4v) is 2.85. The van der Waals surface area contributed by atoms with Gasteiger partial charge >= 0.3 is 11.9 Å². The SMILES string of the molecule is CCOC(=O)C(NC(=O)c1cnc(-c2cccc(-c3cc(C(=O)O)[nH]n3)c2)o1)C(C)C. The number of rotatable bonds is 8. The third-order valence-corrected chi connectivity index (χ3v) is 4.44. The van der Waals surface area contributed by atoms with Crippen LogP contribution in [0.3, 0.4) is 0 Å². The number of H-pyrrole nitrogens is 1. The van der Waals surface area contributed by atoms with E-state index < -0.39 is 23.9 Å². The number of hydrogen-bond acceptors (Lipinski definition) is 7. The number of oxazole rings is 1. The molecule has 0 saturated carbocycles. The molecular weight excluding hydrogens is 404 g/mol. The zero-order valence-corrected chi connectivity index (χ0v) is 17.2. The van der Waals surface area contributed by atoms with E-state index in [-0.39, 0.29) is 29.9 Å². The third-order valence-electron chi connectivity index (χ3n) is 4.44. The lowest BCUT2D eigenvalue weighted by Gasteiger charge is -2.19. The second kappa shape index (κ2) is 9.24. The van der Waals surface area contributed by atoms with Gasteiger partial charge in [0.05, 0.1) is 18.5 Å². The standard InChI is InChI=1S/C21H22N4O6/c1-4-30-21(29)17(11(2)3)23-18(26)16-10-22-19(31-16)13-7-5-6-12(8-13)14-9-15(20(27)28)25-24-14/h5-11,17H,4H2,1-3H3,(H,23,26)(H,24,25)(H,27,28). The first-order valence-corrected chi connectivity index (χ1v) is 9.63. The Morgan fingerprint density at radius 2 is 1.97 bits per heavy atom. The fraction of sp³-hybridized carbons (Fsp3) is 0.286. The van der Waals surface area contributed by atoms with Crippen LogP contribution in [0.2, 0.25) is 0 Å². The zero-order chi connectivity index (χ0) is 22.5. The normalized spacial score (nSPS) is 11.9. The zero-order valence-electron chi connectivity index (χ0n) is 17.2. The molecule has 0 saturated heterocycles. The minimum atomic E-state index is -1.11. The van der Waals surface area contributed by atoms with Crippen molar-refractivity contribution < 1.29 is 28.6 Å². The second-order valence-corrected chi connectivity index (χ2v) is 7.03. The summed E-state index contributed by atoms with van der Waals surface area (Å²) < 4.78 is 10.6. The van der Waals surface area contributed by atoms with E-state index >= 15 is 0 Å². The van der Waals surface area contributed by atoms with Crippen molar-refractivity contribution in [2.75, 3.05) is 6.61 Å². The Balaban J connectivity index is 1.79. The molecule has 1 amide bonds. The molecule has 3 N–H and O–H groups in total. The van der Waals surface area contributed by atoms with E-state index in [0.717, 1.165) is 0 Å². The molecule has 1 unspecified atom stereocenters. The monoisotopic (exact) mass is 426 g/mol. The number of hydrogen-bond donors (Lipinski definition) is 3. The Kier molecular flexibility index (Phi) is 6.49. The first kappa shape index (κ1) is 21.8. The molecule has 1 aromatic carbocycles. The number of carboxylic acids is 1. The van der Waals surface area contributed by atoms with Crippen molar-refractivity contribution in [1.82, 2.24) is 20.5 Å². The van der Waals surface area contributed by atoms with Crippen LogP contribution in [0, 0.1) is 5.92 Å². The summed E-state index contributed by atoms with van der Waals surface area (Å²) in [7, 11) is 0. The molecule has 1 atom stereocenters. The summed E-state index contributed by atoms with van der Waals surface area (Å²) in [5, 5.41) is 18.1. The van der Waals surface area contributed by atoms with Gasteiger partial charge in [-0.25, -0.2) is 14.6 Å². The Bertz CT molecular complexity index is 1100. The molecule has 2 heterocycles. The summed E-state index contributed by atoms with van der Waals surface area (Å²) in [6.07, 6.45) is 1.27. The van der Waals surface area contributed by atoms with Gasteiger partial charge in [0.15, 0.2) is 0 Å². The molecule has 0 aliphatic rings. The van der Waals surface area contributed by atoms with Crippen LogP contribution in [0.4, 0.5) is 0 Å². The van der Waals surface area contributed by atoms with Gasteiger partial charge in [-0.2, -0.15) is 5.10 Å². The molecule has 0 aliphatic heterocycles. The van der Waals surface area contributed by atoms with Crippen LogP contribution in [0.15, 0.2) is 40.9 Å². The van der Waals surface area contributed by atoms with Crippen molar-refractivity contribution in [2.45, 2.75) is 26.8 Å². The maximum atomic E-state index is 12.5. The highest BCUT2D eigenvalue weighted by Crippen LogP contribution is 2.25. The first-order valence-electron chi connectivity index (χ1n) is 9.63. The van der Waals surface area contributed by atoms with Crippen molar-refractivity contribution in [1.29, 1.82) is 0 Å². The third kappa shape index (κ3) is 4.97. The van der Waals surface area contributed by atoms with Gasteiger partial charge in [0, 0.05) is 11.1 Å². The largest absolute Gasteiger partial charge is 0.477 e. The minimum Gasteiger partial charge on any atom is -0.477 e. The predicted octanol–water partition coefficient (Wildman–Crippen LogP) is 2.75. The average Bonchev–Trinajstić information content (AvgIpc) is 3.42. The van der Waals surface area contributed by atoms with E-state index in [1.54, 1.807) is 45.0 Å². The second-order valence-electron chi connectivity index (χ2n) is 7.03. The Labute approximate surface area is 177 Å². The average molecular weight is 426 g/mol. The molecule has 0 radical (unpaired) electrons. The number of amides is 1. The number of nitrogens with zero attached hydrogens (tertiary/aromatic N) is 2. The van der Waals surface area contributed by atoms with E-state index in [2.05, 4.69) is 20.5 Å². The van der Waals surface area contributed by atoms with Gasteiger partial charge in [-0.05, 0) is 31.0 Å². The van der Waals surface area contributed by atoms with Crippen molar-refractivity contribution in [3.05, 3.63) is 48.0 Å². The molecule has 10 heteroatoms. The molecule has 0 aliphatic carbocycles. The molecule has 3 rings (SSSR count). The number of benzene rings is 1. The molecular formula is C21H22N4O6. The number of aromatic amines is 1. The van der Waals surface area contributed by atoms with Gasteiger partial charge in [0.1, 0.15) is 11.7 Å². The summed E-state index contributed by atoms with van der Waals surface area (Å²) >= 11 is 0. The lowest BCUT2D eigenvalue weighted by Crippen LogP contribution is -2.45. The van der Waals surface area contributed by atoms with Gasteiger partial charge < -0.3 is 19.6 Å². The van der Waals surface area contributed by atoms with Crippen molar-refractivity contribution in [2.24, 2.45) is 5.92 Å². The maximum Gasteiger partial charge on any atom is 0.353 e. The van der Waals surface area contributed by atoms with Gasteiger partial charge in [-0.1, -0.05) is 26.0 Å². The predicted molar refractivity (Wildman–Crippen MR) is 109 cm³/mol. The van der Waals surface area contributed by atoms with Crippen LogP contribution in [-0.4, -0.2) is 50.8 Å². The molecule has 0 fully saturated rings. The number of ether oxygens (including phenoxy) is 1. The fourth-order valence-electron chi connectivity index (χ4n) is 2.85. The van der Waals surface area contributed by atoms with E-state index in [1.165, 1.54) is 12.3 Å². The lowest BCUT2D eigenvalue weighted by molar-refractivity contribution is -0.146. The van der Waals surface area contributed by atoms with Crippen LogP contribution >= 0.6 is 0 Å². The molecule has 162 valence electrons. The molecule has 0 bridgehead atoms. The van der Waals surface area contributed by atoms with Crippen molar-refractivity contribution >= 4 is 17.8 Å². The molecule has 0 spiro atoms. The van der Waals surface area contributed by atoms with Crippen LogP contribution in [0.25, 0.3) is 22.7 Å². The van der Waals surface area contributed by atoms with E-state index in [9.17, 15) is 14.4 Å². The highest BCUT2D eigenvalue weighted by atomic mass is 16.5. The molecule has 10 nitrogen and oxygen atoms in total. The number of aromatic nitrogens is 3. The van der Waals surface area contributed by atoms with Gasteiger partial charge in [0.25, 0.3) is 5.91 Å². The smallest absolute Gasteiger partial charge is 0.353 e.